The van der Waals surface area contributed by atoms with Crippen LogP contribution in [0, 0.1) is 0 Å². The van der Waals surface area contributed by atoms with Crippen molar-refractivity contribution in [3.63, 3.8) is 0 Å². The number of hydrogen-bond acceptors (Lipinski definition) is 6. The van der Waals surface area contributed by atoms with E-state index in [1.54, 1.807) is 0 Å². The quantitative estimate of drug-likeness (QED) is 0.114. The number of nitrogens with zero attached hydrogens (tertiary/aromatic N) is 2. The average Bonchev–Trinajstić information content (AvgIpc) is 1.92. The molecule has 0 radical (unpaired) electrons. The molecule has 26 aromatic rings. The number of benzene rings is 22. The Morgan fingerprint density at radius 2 is 0.516 bits per heavy atom. The SMILES string of the molecule is c1ccc(-c2ccc(N(c3ccc(-c4ccc5sc6c7ccccc7ccc6c5c4)cc3)c3ccc(-c4cccc5c4oc4c6ccccc6ccc54)cc3)cc2)cc1.c1ccc(-c2cccc(N(c3ccc(-c4cccc5c4sc4c6ccccc6ccc54)cc3)c3ccc4c(ccc5cc(-c6ccc7oc8c9ccccc9ccc8c7c6)ccc54)c3)c2)cc1. The van der Waals surface area contributed by atoms with Crippen molar-refractivity contribution in [2.45, 2.75) is 0 Å². The number of para-hydroxylation sites is 1. The fraction of sp³-hybridized carbons (Fsp3) is 0. The van der Waals surface area contributed by atoms with Gasteiger partial charge in [0.15, 0.2) is 0 Å². The molecular formula is C120H74N2O2S2. The van der Waals surface area contributed by atoms with Crippen LogP contribution in [0.4, 0.5) is 34.1 Å². The normalized spacial score (nSPS) is 11.8. The third kappa shape index (κ3) is 12.5. The summed E-state index contributed by atoms with van der Waals surface area (Å²) >= 11 is 3.79. The van der Waals surface area contributed by atoms with Crippen molar-refractivity contribution in [1.82, 2.24) is 0 Å². The highest BCUT2D eigenvalue weighted by molar-refractivity contribution is 7.27. The molecular weight excluding hydrogens is 1570 g/mol. The Kier molecular flexibility index (Phi) is 17.3. The van der Waals surface area contributed by atoms with Crippen LogP contribution in [0.1, 0.15) is 0 Å². The minimum atomic E-state index is 0.910. The van der Waals surface area contributed by atoms with Gasteiger partial charge in [-0.05, 0) is 230 Å². The van der Waals surface area contributed by atoms with Crippen molar-refractivity contribution in [2.75, 3.05) is 9.80 Å². The van der Waals surface area contributed by atoms with Crippen LogP contribution >= 0.6 is 22.7 Å². The van der Waals surface area contributed by atoms with E-state index in [4.69, 9.17) is 8.83 Å². The zero-order valence-electron chi connectivity index (χ0n) is 68.3. The Bertz CT molecular complexity index is 8830. The number of rotatable bonds is 12. The molecule has 0 spiro atoms. The van der Waals surface area contributed by atoms with E-state index in [9.17, 15) is 0 Å². The van der Waals surface area contributed by atoms with E-state index in [1.807, 2.05) is 22.7 Å². The van der Waals surface area contributed by atoms with E-state index in [-0.39, 0.29) is 0 Å². The van der Waals surface area contributed by atoms with Gasteiger partial charge in [-0.1, -0.05) is 334 Å². The number of thiophene rings is 2. The largest absolute Gasteiger partial charge is 0.455 e. The van der Waals surface area contributed by atoms with Crippen LogP contribution in [0.3, 0.4) is 0 Å². The van der Waals surface area contributed by atoms with Gasteiger partial charge in [0.2, 0.25) is 0 Å². The highest BCUT2D eigenvalue weighted by Crippen LogP contribution is 2.49. The van der Waals surface area contributed by atoms with E-state index in [0.717, 1.165) is 99.9 Å². The Labute approximate surface area is 734 Å². The molecule has 0 amide bonds. The summed E-state index contributed by atoms with van der Waals surface area (Å²) in [7, 11) is 0. The van der Waals surface area contributed by atoms with E-state index in [1.165, 1.54) is 150 Å². The van der Waals surface area contributed by atoms with E-state index >= 15 is 0 Å². The average molecular weight is 1640 g/mol. The second-order valence-corrected chi connectivity index (χ2v) is 35.0. The molecule has 0 aliphatic heterocycles. The van der Waals surface area contributed by atoms with E-state index < -0.39 is 0 Å². The maximum atomic E-state index is 6.71. The molecule has 0 aliphatic carbocycles. The molecule has 4 nitrogen and oxygen atoms in total. The molecule has 6 heteroatoms. The molecule has 4 aromatic heterocycles. The van der Waals surface area contributed by atoms with Crippen molar-refractivity contribution in [3.8, 4) is 66.8 Å². The fourth-order valence-electron chi connectivity index (χ4n) is 19.4. The Morgan fingerprint density at radius 1 is 0.159 bits per heavy atom. The minimum absolute atomic E-state index is 0.910. The zero-order chi connectivity index (χ0) is 82.9. The molecule has 126 heavy (non-hydrogen) atoms. The summed E-state index contributed by atoms with van der Waals surface area (Å²) in [5.41, 5.74) is 24.5. The smallest absolute Gasteiger partial charge is 0.143 e. The summed E-state index contributed by atoms with van der Waals surface area (Å²) in [6, 6.07) is 163. The van der Waals surface area contributed by atoms with Crippen LogP contribution in [0.25, 0.3) is 216 Å². The van der Waals surface area contributed by atoms with Gasteiger partial charge in [-0.3, -0.25) is 0 Å². The molecule has 0 aliphatic rings. The predicted octanol–water partition coefficient (Wildman–Crippen LogP) is 35.8. The molecule has 0 atom stereocenters. The number of anilines is 6. The summed E-state index contributed by atoms with van der Waals surface area (Å²) < 4.78 is 18.5. The number of hydrogen-bond donors (Lipinski definition) is 0. The third-order valence-corrected chi connectivity index (χ3v) is 28.2. The van der Waals surface area contributed by atoms with Crippen LogP contribution < -0.4 is 9.80 Å². The summed E-state index contributed by atoms with van der Waals surface area (Å²) in [6.45, 7) is 0. The van der Waals surface area contributed by atoms with Gasteiger partial charge in [-0.15, -0.1) is 22.7 Å². The molecule has 588 valence electrons. The van der Waals surface area contributed by atoms with Crippen molar-refractivity contribution in [1.29, 1.82) is 0 Å². The summed E-state index contributed by atoms with van der Waals surface area (Å²) in [5.74, 6) is 0. The third-order valence-electron chi connectivity index (χ3n) is 25.7. The van der Waals surface area contributed by atoms with Gasteiger partial charge in [0.25, 0.3) is 0 Å². The summed E-state index contributed by atoms with van der Waals surface area (Å²) in [6.07, 6.45) is 0. The van der Waals surface area contributed by atoms with Crippen molar-refractivity contribution in [3.05, 3.63) is 449 Å². The first-order valence-corrected chi connectivity index (χ1v) is 44.6. The lowest BCUT2D eigenvalue weighted by molar-refractivity contribution is 0.672. The molecule has 0 saturated carbocycles. The lowest BCUT2D eigenvalue weighted by atomic mass is 9.96. The second-order valence-electron chi connectivity index (χ2n) is 32.9. The molecule has 26 rings (SSSR count). The number of furan rings is 2. The summed E-state index contributed by atoms with van der Waals surface area (Å²) in [4.78, 5) is 4.74. The molecule has 22 aromatic carbocycles. The molecule has 0 N–H and O–H groups in total. The molecule has 0 unspecified atom stereocenters. The second kappa shape index (κ2) is 30.0. The highest BCUT2D eigenvalue weighted by Gasteiger charge is 2.23. The van der Waals surface area contributed by atoms with Crippen LogP contribution in [-0.4, -0.2) is 0 Å². The predicted molar refractivity (Wildman–Crippen MR) is 540 cm³/mol. The van der Waals surface area contributed by atoms with Crippen LogP contribution in [-0.2, 0) is 0 Å². The van der Waals surface area contributed by atoms with Gasteiger partial charge < -0.3 is 18.6 Å². The molecule has 0 fully saturated rings. The Morgan fingerprint density at radius 3 is 1.15 bits per heavy atom. The first-order chi connectivity index (χ1) is 62.4. The lowest BCUT2D eigenvalue weighted by Crippen LogP contribution is -2.10. The Hall–Kier alpha value is -16.0. The van der Waals surface area contributed by atoms with Crippen LogP contribution in [0.5, 0.6) is 0 Å². The van der Waals surface area contributed by atoms with Gasteiger partial charge in [0.1, 0.15) is 22.3 Å². The standard InChI is InChI=1S/C64H39NOS.C56H35NOS/c1-2-10-40(11-3-1)44-14-8-15-50(37-44)65(49-28-22-43(23-29-49)56-18-9-19-58-59-33-25-42-13-5-7-17-55(42)64(59)67-63(56)58)51-30-34-53-48(38-51)21-20-47-36-45(26-31-52(47)53)46-27-35-61-60(39-46)57-32-24-41-12-4-6-16-54(41)62(57)66-61;1-2-9-36(10-3-1)37-17-26-43(27-18-37)57(44-28-19-38(20-29-44)42-25-34-53-52(35-42)51-33-24-40-12-5-7-14-48(40)56(51)59-53)45-30-21-41(22-31-45)47-15-8-16-49-50-32-23-39-11-4-6-13-46(39)55(50)58-54(47)49/h1-39H;1-35H. The Balaban J connectivity index is 0.000000139. The fourth-order valence-corrected chi connectivity index (χ4v) is 22.0. The maximum Gasteiger partial charge on any atom is 0.143 e. The first kappa shape index (κ1) is 72.8. The van der Waals surface area contributed by atoms with E-state index in [2.05, 4.69) is 459 Å². The van der Waals surface area contributed by atoms with Crippen molar-refractivity contribution in [2.24, 2.45) is 0 Å². The van der Waals surface area contributed by atoms with Gasteiger partial charge >= 0.3 is 0 Å². The molecule has 4 heterocycles. The molecule has 0 bridgehead atoms. The summed E-state index contributed by atoms with van der Waals surface area (Å²) in [5, 5.41) is 24.5. The molecule has 0 saturated heterocycles. The van der Waals surface area contributed by atoms with Gasteiger partial charge in [0, 0.05) is 112 Å². The van der Waals surface area contributed by atoms with Gasteiger partial charge in [-0.2, -0.15) is 0 Å². The van der Waals surface area contributed by atoms with Crippen molar-refractivity contribution >= 4 is 206 Å². The van der Waals surface area contributed by atoms with Gasteiger partial charge in [0.05, 0.1) is 0 Å². The van der Waals surface area contributed by atoms with E-state index in [0.29, 0.717) is 0 Å². The number of fused-ring (bicyclic) bond motifs is 23. The van der Waals surface area contributed by atoms with Crippen molar-refractivity contribution < 1.29 is 8.83 Å². The lowest BCUT2D eigenvalue weighted by Gasteiger charge is -2.27. The van der Waals surface area contributed by atoms with Crippen LogP contribution in [0.2, 0.25) is 0 Å². The topological polar surface area (TPSA) is 32.8 Å². The zero-order valence-corrected chi connectivity index (χ0v) is 69.9. The van der Waals surface area contributed by atoms with Crippen LogP contribution in [0.15, 0.2) is 458 Å². The monoisotopic (exact) mass is 1640 g/mol. The maximum absolute atomic E-state index is 6.71. The minimum Gasteiger partial charge on any atom is -0.455 e. The highest BCUT2D eigenvalue weighted by atomic mass is 32.1. The first-order valence-electron chi connectivity index (χ1n) is 43.0. The van der Waals surface area contributed by atoms with Gasteiger partial charge in [-0.25, -0.2) is 0 Å².